The molecule has 0 saturated heterocycles. The Hall–Kier alpha value is -3.14. The number of sulfone groups is 1. The van der Waals surface area contributed by atoms with Crippen molar-refractivity contribution in [3.05, 3.63) is 59.7 Å². The molecule has 1 aromatic heterocycles. The van der Waals surface area contributed by atoms with E-state index in [1.54, 1.807) is 0 Å². The normalized spacial score (nSPS) is 11.3. The molecule has 10 heteroatoms. The van der Waals surface area contributed by atoms with Gasteiger partial charge in [-0.2, -0.15) is 0 Å². The lowest BCUT2D eigenvalue weighted by Gasteiger charge is -2.03. The number of amides is 1. The number of hydrogen-bond donors (Lipinski definition) is 1. The summed E-state index contributed by atoms with van der Waals surface area (Å²) < 4.78 is 55.6. The van der Waals surface area contributed by atoms with Crippen LogP contribution < -0.4 is 5.32 Å². The lowest BCUT2D eigenvalue weighted by atomic mass is 10.2. The quantitative estimate of drug-likeness (QED) is 0.748. The summed E-state index contributed by atoms with van der Waals surface area (Å²) in [7, 11) is -3.43. The first-order chi connectivity index (χ1) is 12.3. The first-order valence-corrected chi connectivity index (χ1v) is 9.04. The predicted molar refractivity (Wildman–Crippen MR) is 87.2 cm³/mol. The van der Waals surface area contributed by atoms with Gasteiger partial charge in [0.05, 0.1) is 4.90 Å². The summed E-state index contributed by atoms with van der Waals surface area (Å²) in [6.07, 6.45) is 1.05. The third kappa shape index (κ3) is 3.59. The molecule has 0 aliphatic carbocycles. The minimum atomic E-state index is -3.43. The summed E-state index contributed by atoms with van der Waals surface area (Å²) >= 11 is 0. The van der Waals surface area contributed by atoms with E-state index in [0.717, 1.165) is 24.5 Å². The predicted octanol–water partition coefficient (Wildman–Crippen LogP) is 2.67. The van der Waals surface area contributed by atoms with Gasteiger partial charge in [-0.15, -0.1) is 5.10 Å². The highest BCUT2D eigenvalue weighted by Gasteiger charge is 2.20. The van der Waals surface area contributed by atoms with E-state index in [9.17, 15) is 22.0 Å². The second-order valence-corrected chi connectivity index (χ2v) is 7.28. The van der Waals surface area contributed by atoms with Crippen molar-refractivity contribution < 1.29 is 26.4 Å². The van der Waals surface area contributed by atoms with E-state index in [-0.39, 0.29) is 10.8 Å². The van der Waals surface area contributed by atoms with Gasteiger partial charge in [-0.1, -0.05) is 17.2 Å². The second kappa shape index (κ2) is 6.64. The van der Waals surface area contributed by atoms with Crippen LogP contribution in [0.2, 0.25) is 0 Å². The van der Waals surface area contributed by atoms with Crippen LogP contribution >= 0.6 is 0 Å². The van der Waals surface area contributed by atoms with Crippen LogP contribution in [0.1, 0.15) is 10.4 Å². The van der Waals surface area contributed by atoms with Gasteiger partial charge in [-0.25, -0.2) is 17.2 Å². The number of carbonyl (C=O) groups excluding carboxylic acids is 1. The fourth-order valence-electron chi connectivity index (χ4n) is 2.12. The Morgan fingerprint density at radius 1 is 1.08 bits per heavy atom. The molecule has 134 valence electrons. The number of hydrogen-bond acceptors (Lipinski definition) is 6. The van der Waals surface area contributed by atoms with Crippen molar-refractivity contribution in [2.45, 2.75) is 4.90 Å². The molecule has 0 fully saturated rings. The molecule has 0 saturated carbocycles. The van der Waals surface area contributed by atoms with Crippen molar-refractivity contribution in [3.63, 3.8) is 0 Å². The van der Waals surface area contributed by atoms with Crippen molar-refractivity contribution in [1.29, 1.82) is 0 Å². The number of anilines is 1. The topological polar surface area (TPSA) is 102 Å². The third-order valence-electron chi connectivity index (χ3n) is 3.34. The molecule has 1 amide bonds. The number of nitrogens with one attached hydrogen (secondary N) is 1. The molecule has 0 radical (unpaired) electrons. The van der Waals surface area contributed by atoms with E-state index < -0.39 is 39.0 Å². The van der Waals surface area contributed by atoms with Crippen LogP contribution in [0.3, 0.4) is 0 Å². The Balaban J connectivity index is 1.86. The number of rotatable bonds is 4. The molecule has 1 heterocycles. The van der Waals surface area contributed by atoms with Crippen LogP contribution in [0.25, 0.3) is 11.5 Å². The maximum Gasteiger partial charge on any atom is 0.322 e. The van der Waals surface area contributed by atoms with E-state index in [4.69, 9.17) is 4.42 Å². The van der Waals surface area contributed by atoms with Gasteiger partial charge in [-0.05, 0) is 30.3 Å². The van der Waals surface area contributed by atoms with Gasteiger partial charge in [0.1, 0.15) is 17.2 Å². The summed E-state index contributed by atoms with van der Waals surface area (Å²) in [5.41, 5.74) is -0.482. The molecule has 7 nitrogen and oxygen atoms in total. The fraction of sp³-hybridized carbons (Fsp3) is 0.0625. The Morgan fingerprint density at radius 2 is 1.73 bits per heavy atom. The second-order valence-electron chi connectivity index (χ2n) is 5.26. The average molecular weight is 379 g/mol. The van der Waals surface area contributed by atoms with Crippen molar-refractivity contribution in [3.8, 4) is 11.5 Å². The van der Waals surface area contributed by atoms with Crippen LogP contribution in [-0.4, -0.2) is 30.8 Å². The average Bonchev–Trinajstić information content (AvgIpc) is 3.02. The lowest BCUT2D eigenvalue weighted by Crippen LogP contribution is -2.16. The smallest absolute Gasteiger partial charge is 0.322 e. The lowest BCUT2D eigenvalue weighted by molar-refractivity contribution is 0.101. The molecule has 1 N–H and O–H groups in total. The van der Waals surface area contributed by atoms with Gasteiger partial charge in [0.25, 0.3) is 5.91 Å². The molecule has 0 spiro atoms. The van der Waals surface area contributed by atoms with Gasteiger partial charge in [0, 0.05) is 11.8 Å². The Labute approximate surface area is 146 Å². The van der Waals surface area contributed by atoms with Gasteiger partial charge in [-0.3, -0.25) is 10.1 Å². The Bertz CT molecular complexity index is 1080. The van der Waals surface area contributed by atoms with E-state index in [0.29, 0.717) is 5.56 Å². The number of aromatic nitrogens is 2. The maximum absolute atomic E-state index is 13.6. The molecule has 3 aromatic rings. The van der Waals surface area contributed by atoms with Crippen molar-refractivity contribution in [1.82, 2.24) is 10.2 Å². The highest BCUT2D eigenvalue weighted by molar-refractivity contribution is 7.90. The molecule has 0 unspecified atom stereocenters. The van der Waals surface area contributed by atoms with Gasteiger partial charge >= 0.3 is 6.01 Å². The SMILES string of the molecule is CS(=O)(=O)c1cccc(-c2nnc(NC(=O)c3c(F)cccc3F)o2)c1. The molecule has 0 aliphatic rings. The minimum Gasteiger partial charge on any atom is -0.403 e. The summed E-state index contributed by atoms with van der Waals surface area (Å²) in [4.78, 5) is 12.0. The van der Waals surface area contributed by atoms with Gasteiger partial charge < -0.3 is 4.42 Å². The number of halogens is 2. The molecule has 26 heavy (non-hydrogen) atoms. The van der Waals surface area contributed by atoms with E-state index in [1.165, 1.54) is 24.3 Å². The zero-order valence-corrected chi connectivity index (χ0v) is 14.0. The zero-order valence-electron chi connectivity index (χ0n) is 13.2. The molecule has 0 atom stereocenters. The third-order valence-corrected chi connectivity index (χ3v) is 4.45. The van der Waals surface area contributed by atoms with Crippen molar-refractivity contribution in [2.24, 2.45) is 0 Å². The van der Waals surface area contributed by atoms with Crippen LogP contribution in [0, 0.1) is 11.6 Å². The van der Waals surface area contributed by atoms with E-state index in [2.05, 4.69) is 15.5 Å². The van der Waals surface area contributed by atoms with Crippen LogP contribution in [0.4, 0.5) is 14.8 Å². The zero-order chi connectivity index (χ0) is 18.9. The van der Waals surface area contributed by atoms with Crippen molar-refractivity contribution >= 4 is 21.8 Å². The highest BCUT2D eigenvalue weighted by Crippen LogP contribution is 2.23. The molecule has 0 aliphatic heterocycles. The summed E-state index contributed by atoms with van der Waals surface area (Å²) in [5, 5.41) is 9.35. The highest BCUT2D eigenvalue weighted by atomic mass is 32.2. The standard InChI is InChI=1S/C16H11F2N3O4S/c1-26(23,24)10-5-2-4-9(8-10)15-20-21-16(25-15)19-14(22)13-11(17)6-3-7-12(13)18/h2-8H,1H3,(H,19,21,22). The van der Waals surface area contributed by atoms with Crippen LogP contribution in [0.5, 0.6) is 0 Å². The Kier molecular flexibility index (Phi) is 4.51. The summed E-state index contributed by atoms with van der Waals surface area (Å²) in [6, 6.07) is 8.36. The fourth-order valence-corrected chi connectivity index (χ4v) is 2.79. The molecule has 3 rings (SSSR count). The first kappa shape index (κ1) is 17.7. The van der Waals surface area contributed by atoms with Crippen LogP contribution in [-0.2, 0) is 9.84 Å². The maximum atomic E-state index is 13.6. The summed E-state index contributed by atoms with van der Waals surface area (Å²) in [5.74, 6) is -3.24. The first-order valence-electron chi connectivity index (χ1n) is 7.15. The monoisotopic (exact) mass is 379 g/mol. The molecular weight excluding hydrogens is 368 g/mol. The minimum absolute atomic E-state index is 0.0483. The van der Waals surface area contributed by atoms with E-state index >= 15 is 0 Å². The van der Waals surface area contributed by atoms with Crippen LogP contribution in [0.15, 0.2) is 51.8 Å². The number of nitrogens with zero attached hydrogens (tertiary/aromatic N) is 2. The summed E-state index contributed by atoms with van der Waals surface area (Å²) in [6.45, 7) is 0. The largest absolute Gasteiger partial charge is 0.403 e. The van der Waals surface area contributed by atoms with Crippen molar-refractivity contribution in [2.75, 3.05) is 11.6 Å². The van der Waals surface area contributed by atoms with Gasteiger partial charge in [0.2, 0.25) is 5.89 Å². The molecule has 0 bridgehead atoms. The number of benzene rings is 2. The van der Waals surface area contributed by atoms with Gasteiger partial charge in [0.15, 0.2) is 9.84 Å². The molecule has 2 aromatic carbocycles. The number of carbonyl (C=O) groups is 1. The molecular formula is C16H11F2N3O4S. The van der Waals surface area contributed by atoms with E-state index in [1.807, 2.05) is 0 Å². The Morgan fingerprint density at radius 3 is 2.38 bits per heavy atom.